The fourth-order valence-electron chi connectivity index (χ4n) is 2.97. The second-order valence-electron chi connectivity index (χ2n) is 5.95. The number of nitrogens with one attached hydrogen (secondary N) is 1. The molecule has 1 unspecified atom stereocenters. The van der Waals surface area contributed by atoms with E-state index < -0.39 is 0 Å². The lowest BCUT2D eigenvalue weighted by Crippen LogP contribution is -2.46. The lowest BCUT2D eigenvalue weighted by molar-refractivity contribution is 0.422. The van der Waals surface area contributed by atoms with E-state index in [0.717, 1.165) is 13.1 Å². The van der Waals surface area contributed by atoms with E-state index in [0.29, 0.717) is 12.0 Å². The summed E-state index contributed by atoms with van der Waals surface area (Å²) in [6, 6.07) is 9.56. The highest BCUT2D eigenvalue weighted by Crippen LogP contribution is 2.29. The van der Waals surface area contributed by atoms with E-state index in [9.17, 15) is 0 Å². The molecule has 0 aliphatic carbocycles. The molecular weight excluding hydrogens is 232 g/mol. The van der Waals surface area contributed by atoms with Crippen LogP contribution in [0.2, 0.25) is 0 Å². The van der Waals surface area contributed by atoms with Crippen LogP contribution in [0.15, 0.2) is 24.3 Å². The van der Waals surface area contributed by atoms with Gasteiger partial charge in [0.2, 0.25) is 0 Å². The predicted molar refractivity (Wildman–Crippen MR) is 84.1 cm³/mol. The van der Waals surface area contributed by atoms with Crippen molar-refractivity contribution >= 4 is 5.69 Å². The van der Waals surface area contributed by atoms with Gasteiger partial charge in [-0.25, -0.2) is 0 Å². The average Bonchev–Trinajstić information content (AvgIpc) is 2.45. The number of piperidine rings is 1. The molecule has 106 valence electrons. The summed E-state index contributed by atoms with van der Waals surface area (Å²) in [7, 11) is 0. The number of anilines is 1. The van der Waals surface area contributed by atoms with Crippen molar-refractivity contribution in [1.29, 1.82) is 0 Å². The maximum absolute atomic E-state index is 3.68. The molecule has 1 fully saturated rings. The Hall–Kier alpha value is -1.02. The Morgan fingerprint density at radius 1 is 1.32 bits per heavy atom. The Balaban J connectivity index is 2.08. The minimum atomic E-state index is 0.597. The Morgan fingerprint density at radius 3 is 2.84 bits per heavy atom. The summed E-state index contributed by atoms with van der Waals surface area (Å²) in [4.78, 5) is 2.58. The van der Waals surface area contributed by atoms with Crippen LogP contribution < -0.4 is 10.2 Å². The molecule has 2 heteroatoms. The topological polar surface area (TPSA) is 15.3 Å². The molecule has 19 heavy (non-hydrogen) atoms. The third-order valence-corrected chi connectivity index (χ3v) is 4.00. The third kappa shape index (κ3) is 3.73. The zero-order valence-electron chi connectivity index (χ0n) is 12.7. The Labute approximate surface area is 118 Å². The smallest absolute Gasteiger partial charge is 0.0401 e. The summed E-state index contributed by atoms with van der Waals surface area (Å²) >= 11 is 0. The molecule has 0 aromatic heterocycles. The van der Waals surface area contributed by atoms with Crippen LogP contribution in [0, 0.1) is 0 Å². The molecular formula is C17H28N2. The van der Waals surface area contributed by atoms with Crippen LogP contribution >= 0.6 is 0 Å². The highest BCUT2D eigenvalue weighted by Gasteiger charge is 2.21. The maximum atomic E-state index is 3.68. The van der Waals surface area contributed by atoms with Gasteiger partial charge in [0.05, 0.1) is 0 Å². The lowest BCUT2D eigenvalue weighted by atomic mass is 9.98. The minimum Gasteiger partial charge on any atom is -0.370 e. The first-order chi connectivity index (χ1) is 9.22. The summed E-state index contributed by atoms with van der Waals surface area (Å²) < 4.78 is 0. The van der Waals surface area contributed by atoms with Gasteiger partial charge in [0.1, 0.15) is 0 Å². The van der Waals surface area contributed by atoms with Crippen LogP contribution in [0.25, 0.3) is 0 Å². The summed E-state index contributed by atoms with van der Waals surface area (Å²) in [5, 5.41) is 3.68. The van der Waals surface area contributed by atoms with E-state index in [2.05, 4.69) is 55.3 Å². The largest absolute Gasteiger partial charge is 0.370 e. The monoisotopic (exact) mass is 260 g/mol. The van der Waals surface area contributed by atoms with Gasteiger partial charge in [-0.15, -0.1) is 0 Å². The minimum absolute atomic E-state index is 0.597. The van der Waals surface area contributed by atoms with Crippen LogP contribution in [-0.4, -0.2) is 25.7 Å². The normalized spacial score (nSPS) is 20.0. The van der Waals surface area contributed by atoms with Crippen molar-refractivity contribution in [2.45, 2.75) is 52.0 Å². The van der Waals surface area contributed by atoms with Crippen molar-refractivity contribution in [3.8, 4) is 0 Å². The second-order valence-corrected chi connectivity index (χ2v) is 5.95. The predicted octanol–water partition coefficient (Wildman–Crippen LogP) is 3.78. The van der Waals surface area contributed by atoms with Crippen LogP contribution in [0.1, 0.15) is 51.5 Å². The molecule has 1 saturated heterocycles. The van der Waals surface area contributed by atoms with Crippen LogP contribution in [0.3, 0.4) is 0 Å². The van der Waals surface area contributed by atoms with Crippen LogP contribution in [-0.2, 0) is 0 Å². The number of benzene rings is 1. The molecule has 1 aromatic rings. The summed E-state index contributed by atoms with van der Waals surface area (Å²) in [5.41, 5.74) is 2.93. The molecule has 1 atom stereocenters. The number of rotatable bonds is 5. The highest BCUT2D eigenvalue weighted by molar-refractivity contribution is 5.55. The molecule has 1 aliphatic heterocycles. The van der Waals surface area contributed by atoms with Crippen molar-refractivity contribution in [3.05, 3.63) is 29.8 Å². The van der Waals surface area contributed by atoms with Gasteiger partial charge in [-0.2, -0.15) is 0 Å². The van der Waals surface area contributed by atoms with Crippen LogP contribution in [0.5, 0.6) is 0 Å². The lowest BCUT2D eigenvalue weighted by Gasteiger charge is -2.36. The molecule has 0 amide bonds. The van der Waals surface area contributed by atoms with Crippen molar-refractivity contribution in [1.82, 2.24) is 5.32 Å². The van der Waals surface area contributed by atoms with E-state index in [1.165, 1.54) is 37.1 Å². The Kier molecular flexibility index (Phi) is 5.26. The van der Waals surface area contributed by atoms with Gasteiger partial charge in [0.15, 0.2) is 0 Å². The quantitative estimate of drug-likeness (QED) is 0.867. The molecule has 2 rings (SSSR count). The Morgan fingerprint density at radius 2 is 2.11 bits per heavy atom. The number of hydrogen-bond donors (Lipinski definition) is 1. The van der Waals surface area contributed by atoms with Gasteiger partial charge in [0, 0.05) is 24.8 Å². The van der Waals surface area contributed by atoms with Crippen LogP contribution in [0.4, 0.5) is 5.69 Å². The number of para-hydroxylation sites is 1. The molecule has 0 saturated carbocycles. The van der Waals surface area contributed by atoms with Gasteiger partial charge in [-0.3, -0.25) is 0 Å². The van der Waals surface area contributed by atoms with Gasteiger partial charge in [0.25, 0.3) is 0 Å². The average molecular weight is 260 g/mol. The highest BCUT2D eigenvalue weighted by atomic mass is 15.2. The molecule has 1 heterocycles. The molecule has 0 radical (unpaired) electrons. The van der Waals surface area contributed by atoms with Gasteiger partial charge < -0.3 is 10.2 Å². The number of nitrogens with zero attached hydrogens (tertiary/aromatic N) is 1. The van der Waals surface area contributed by atoms with E-state index >= 15 is 0 Å². The third-order valence-electron chi connectivity index (χ3n) is 4.00. The molecule has 1 N–H and O–H groups in total. The Bertz CT molecular complexity index is 387. The fraction of sp³-hybridized carbons (Fsp3) is 0.647. The van der Waals surface area contributed by atoms with E-state index in [4.69, 9.17) is 0 Å². The van der Waals surface area contributed by atoms with Crippen molar-refractivity contribution in [3.63, 3.8) is 0 Å². The first-order valence-corrected chi connectivity index (χ1v) is 7.79. The van der Waals surface area contributed by atoms with Gasteiger partial charge in [-0.05, 0) is 43.4 Å². The van der Waals surface area contributed by atoms with Gasteiger partial charge >= 0.3 is 0 Å². The van der Waals surface area contributed by atoms with E-state index in [-0.39, 0.29) is 0 Å². The summed E-state index contributed by atoms with van der Waals surface area (Å²) in [6.45, 7) is 10.3. The fourth-order valence-corrected chi connectivity index (χ4v) is 2.97. The van der Waals surface area contributed by atoms with Crippen molar-refractivity contribution in [2.24, 2.45) is 0 Å². The molecule has 1 aromatic carbocycles. The SMILES string of the molecule is CCCNC1CCCN(c2ccccc2C(C)C)C1. The zero-order valence-corrected chi connectivity index (χ0v) is 12.7. The standard InChI is InChI=1S/C17H28N2/c1-4-11-18-15-8-7-12-19(13-15)17-10-6-5-9-16(17)14(2)3/h5-6,9-10,14-15,18H,4,7-8,11-13H2,1-3H3. The second kappa shape index (κ2) is 6.95. The first-order valence-electron chi connectivity index (χ1n) is 7.79. The molecule has 1 aliphatic rings. The first kappa shape index (κ1) is 14.4. The summed E-state index contributed by atoms with van der Waals surface area (Å²) in [5.74, 6) is 0.597. The molecule has 0 spiro atoms. The van der Waals surface area contributed by atoms with Crippen molar-refractivity contribution < 1.29 is 0 Å². The van der Waals surface area contributed by atoms with E-state index in [1.807, 2.05) is 0 Å². The summed E-state index contributed by atoms with van der Waals surface area (Å²) in [6.07, 6.45) is 3.84. The maximum Gasteiger partial charge on any atom is 0.0401 e. The van der Waals surface area contributed by atoms with E-state index in [1.54, 1.807) is 0 Å². The van der Waals surface area contributed by atoms with Crippen molar-refractivity contribution in [2.75, 3.05) is 24.5 Å². The van der Waals surface area contributed by atoms with Gasteiger partial charge in [-0.1, -0.05) is 39.0 Å². The number of hydrogen-bond acceptors (Lipinski definition) is 2. The molecule has 0 bridgehead atoms. The zero-order chi connectivity index (χ0) is 13.7. The molecule has 2 nitrogen and oxygen atoms in total.